The van der Waals surface area contributed by atoms with Gasteiger partial charge in [-0.15, -0.1) is 11.3 Å². The van der Waals surface area contributed by atoms with Crippen molar-refractivity contribution in [2.45, 2.75) is 39.2 Å². The molecule has 0 bridgehead atoms. The van der Waals surface area contributed by atoms with Crippen LogP contribution in [0.15, 0.2) is 29.1 Å². The van der Waals surface area contributed by atoms with Crippen molar-refractivity contribution in [3.8, 4) is 6.07 Å². The van der Waals surface area contributed by atoms with E-state index < -0.39 is 6.09 Å². The number of nitrogens with zero attached hydrogens (tertiary/aromatic N) is 1. The Hall–Kier alpha value is -3.05. The van der Waals surface area contributed by atoms with Crippen molar-refractivity contribution in [1.82, 2.24) is 5.32 Å². The molecule has 8 heteroatoms. The topological polar surface area (TPSA) is 104 Å². The van der Waals surface area contributed by atoms with E-state index in [2.05, 4.69) is 16.7 Å². The highest BCUT2D eigenvalue weighted by Gasteiger charge is 2.27. The molecule has 0 saturated carbocycles. The van der Waals surface area contributed by atoms with Crippen molar-refractivity contribution in [2.75, 3.05) is 11.9 Å². The zero-order valence-corrected chi connectivity index (χ0v) is 17.2. The SMILES string of the molecule is CC(C)NC(=O)OCC1CCc2c(sc(NC(=O)/C=C/c3ccoc3)c2C#N)C1. The van der Waals surface area contributed by atoms with E-state index in [1.54, 1.807) is 12.1 Å². The molecule has 0 saturated heterocycles. The maximum absolute atomic E-state index is 12.2. The predicted molar refractivity (Wildman–Crippen MR) is 111 cm³/mol. The van der Waals surface area contributed by atoms with Crippen molar-refractivity contribution in [2.24, 2.45) is 5.92 Å². The first-order valence-electron chi connectivity index (χ1n) is 9.45. The van der Waals surface area contributed by atoms with Crippen LogP contribution in [-0.4, -0.2) is 24.6 Å². The number of carbonyl (C=O) groups is 2. The van der Waals surface area contributed by atoms with E-state index in [0.717, 1.165) is 35.3 Å². The van der Waals surface area contributed by atoms with Crippen LogP contribution in [0.4, 0.5) is 9.80 Å². The largest absolute Gasteiger partial charge is 0.472 e. The summed E-state index contributed by atoms with van der Waals surface area (Å²) in [5.74, 6) is -0.0957. The Labute approximate surface area is 173 Å². The summed E-state index contributed by atoms with van der Waals surface area (Å²) < 4.78 is 10.3. The van der Waals surface area contributed by atoms with Crippen LogP contribution in [-0.2, 0) is 22.4 Å². The molecule has 0 spiro atoms. The summed E-state index contributed by atoms with van der Waals surface area (Å²) >= 11 is 1.42. The predicted octanol–water partition coefficient (Wildman–Crippen LogP) is 4.10. The van der Waals surface area contributed by atoms with E-state index in [-0.39, 0.29) is 17.9 Å². The Morgan fingerprint density at radius 3 is 3.00 bits per heavy atom. The van der Waals surface area contributed by atoms with Gasteiger partial charge in [0, 0.05) is 22.6 Å². The number of amides is 2. The van der Waals surface area contributed by atoms with Crippen molar-refractivity contribution in [1.29, 1.82) is 5.26 Å². The lowest BCUT2D eigenvalue weighted by Crippen LogP contribution is -2.32. The number of nitrogens with one attached hydrogen (secondary N) is 2. The number of nitriles is 1. The van der Waals surface area contributed by atoms with Crippen molar-refractivity contribution in [3.63, 3.8) is 0 Å². The average Bonchev–Trinajstić information content (AvgIpc) is 3.31. The summed E-state index contributed by atoms with van der Waals surface area (Å²) in [6.45, 7) is 4.10. The van der Waals surface area contributed by atoms with E-state index in [0.29, 0.717) is 17.2 Å². The number of fused-ring (bicyclic) bond motifs is 1. The first-order valence-corrected chi connectivity index (χ1v) is 10.3. The number of anilines is 1. The number of hydrogen-bond donors (Lipinski definition) is 2. The molecular formula is C21H23N3O4S. The van der Waals surface area contributed by atoms with Gasteiger partial charge in [0.1, 0.15) is 11.1 Å². The van der Waals surface area contributed by atoms with Gasteiger partial charge in [-0.2, -0.15) is 5.26 Å². The summed E-state index contributed by atoms with van der Waals surface area (Å²) in [7, 11) is 0. The van der Waals surface area contributed by atoms with Crippen molar-refractivity contribution < 1.29 is 18.7 Å². The van der Waals surface area contributed by atoms with Gasteiger partial charge >= 0.3 is 6.09 Å². The van der Waals surface area contributed by atoms with E-state index in [9.17, 15) is 14.9 Å². The van der Waals surface area contributed by atoms with Crippen LogP contribution in [0.1, 0.15) is 41.8 Å². The van der Waals surface area contributed by atoms with E-state index in [4.69, 9.17) is 9.15 Å². The highest BCUT2D eigenvalue weighted by atomic mass is 32.1. The molecule has 29 heavy (non-hydrogen) atoms. The molecule has 0 aromatic carbocycles. The Morgan fingerprint density at radius 2 is 2.31 bits per heavy atom. The van der Waals surface area contributed by atoms with Gasteiger partial charge in [-0.25, -0.2) is 4.79 Å². The molecule has 0 radical (unpaired) electrons. The summed E-state index contributed by atoms with van der Waals surface area (Å²) in [4.78, 5) is 25.0. The standard InChI is InChI=1S/C21H23N3O4S/c1-13(2)23-21(26)28-12-15-3-5-16-17(10-22)20(29-18(16)9-15)24-19(25)6-4-14-7-8-27-11-14/h4,6-8,11,13,15H,3,5,9,12H2,1-2H3,(H,23,26)(H,24,25)/b6-4+. The van der Waals surface area contributed by atoms with E-state index in [1.807, 2.05) is 13.8 Å². The smallest absolute Gasteiger partial charge is 0.407 e. The van der Waals surface area contributed by atoms with Crippen molar-refractivity contribution >= 4 is 34.4 Å². The highest BCUT2D eigenvalue weighted by molar-refractivity contribution is 7.16. The number of carbonyl (C=O) groups excluding carboxylic acids is 2. The Balaban J connectivity index is 1.63. The fourth-order valence-electron chi connectivity index (χ4n) is 3.17. The Morgan fingerprint density at radius 1 is 1.48 bits per heavy atom. The summed E-state index contributed by atoms with van der Waals surface area (Å²) in [6, 6.07) is 4.01. The minimum Gasteiger partial charge on any atom is -0.472 e. The molecule has 1 aliphatic carbocycles. The third-order valence-electron chi connectivity index (χ3n) is 4.54. The molecule has 3 rings (SSSR count). The van der Waals surface area contributed by atoms with Gasteiger partial charge in [-0.3, -0.25) is 4.79 Å². The molecule has 0 aliphatic heterocycles. The molecule has 2 heterocycles. The summed E-state index contributed by atoms with van der Waals surface area (Å²) in [6.07, 6.45) is 8.01. The number of hydrogen-bond acceptors (Lipinski definition) is 6. The third kappa shape index (κ3) is 5.48. The van der Waals surface area contributed by atoms with Crippen LogP contribution >= 0.6 is 11.3 Å². The third-order valence-corrected chi connectivity index (χ3v) is 5.71. The first kappa shape index (κ1) is 20.7. The zero-order valence-electron chi connectivity index (χ0n) is 16.4. The van der Waals surface area contributed by atoms with Gasteiger partial charge < -0.3 is 19.8 Å². The maximum atomic E-state index is 12.2. The molecule has 1 atom stereocenters. The summed E-state index contributed by atoms with van der Waals surface area (Å²) in [5, 5.41) is 15.7. The van der Waals surface area contributed by atoms with Gasteiger partial charge in [0.25, 0.3) is 0 Å². The molecule has 0 fully saturated rings. The lowest BCUT2D eigenvalue weighted by atomic mass is 9.88. The molecule has 2 aromatic heterocycles. The van der Waals surface area contributed by atoms with E-state index in [1.165, 1.54) is 29.9 Å². The monoisotopic (exact) mass is 413 g/mol. The number of furan rings is 1. The minimum absolute atomic E-state index is 0.0321. The first-order chi connectivity index (χ1) is 14.0. The molecule has 7 nitrogen and oxygen atoms in total. The highest BCUT2D eigenvalue weighted by Crippen LogP contribution is 2.39. The average molecular weight is 413 g/mol. The quantitative estimate of drug-likeness (QED) is 0.694. The van der Waals surface area contributed by atoms with Gasteiger partial charge in [-0.05, 0) is 56.7 Å². The summed E-state index contributed by atoms with van der Waals surface area (Å²) in [5.41, 5.74) is 2.32. The molecule has 1 aliphatic rings. The molecule has 1 unspecified atom stereocenters. The van der Waals surface area contributed by atoms with Crippen molar-refractivity contribution in [3.05, 3.63) is 46.2 Å². The Kier molecular flexibility index (Phi) is 6.73. The molecular weight excluding hydrogens is 390 g/mol. The number of rotatable bonds is 6. The molecule has 152 valence electrons. The van der Waals surface area contributed by atoms with Crippen LogP contribution in [0.2, 0.25) is 0 Å². The van der Waals surface area contributed by atoms with Crippen LogP contribution < -0.4 is 10.6 Å². The van der Waals surface area contributed by atoms with Gasteiger partial charge in [0.15, 0.2) is 0 Å². The fourth-order valence-corrected chi connectivity index (χ4v) is 4.48. The van der Waals surface area contributed by atoms with Gasteiger partial charge in [0.05, 0.1) is 24.7 Å². The lowest BCUT2D eigenvalue weighted by Gasteiger charge is -2.22. The molecule has 2 aromatic rings. The maximum Gasteiger partial charge on any atom is 0.407 e. The molecule has 2 amide bonds. The second-order valence-electron chi connectivity index (χ2n) is 7.21. The van der Waals surface area contributed by atoms with Crippen LogP contribution in [0.5, 0.6) is 0 Å². The minimum atomic E-state index is -0.410. The number of thiophene rings is 1. The normalized spacial score (nSPS) is 15.7. The van der Waals surface area contributed by atoms with Crippen LogP contribution in [0, 0.1) is 17.2 Å². The van der Waals surface area contributed by atoms with Crippen LogP contribution in [0.25, 0.3) is 6.08 Å². The fraction of sp³-hybridized carbons (Fsp3) is 0.381. The lowest BCUT2D eigenvalue weighted by molar-refractivity contribution is -0.111. The van der Waals surface area contributed by atoms with Gasteiger partial charge in [0.2, 0.25) is 5.91 Å². The number of ether oxygens (including phenoxy) is 1. The second kappa shape index (κ2) is 9.43. The molecule has 2 N–H and O–H groups in total. The van der Waals surface area contributed by atoms with E-state index >= 15 is 0 Å². The second-order valence-corrected chi connectivity index (χ2v) is 8.31. The van der Waals surface area contributed by atoms with Crippen LogP contribution in [0.3, 0.4) is 0 Å². The van der Waals surface area contributed by atoms with Gasteiger partial charge in [-0.1, -0.05) is 0 Å². The Bertz CT molecular complexity index is 938. The zero-order chi connectivity index (χ0) is 20.8. The number of alkyl carbamates (subject to hydrolysis) is 1.